The van der Waals surface area contributed by atoms with Gasteiger partial charge in [-0.1, -0.05) is 30.3 Å². The van der Waals surface area contributed by atoms with Crippen molar-refractivity contribution in [3.05, 3.63) is 35.9 Å². The smallest absolute Gasteiger partial charge is 0.280 e. The van der Waals surface area contributed by atoms with Crippen molar-refractivity contribution in [3.63, 3.8) is 0 Å². The van der Waals surface area contributed by atoms with Crippen LogP contribution in [0.4, 0.5) is 0 Å². The maximum Gasteiger partial charge on any atom is 0.280 e. The lowest BCUT2D eigenvalue weighted by atomic mass is 10.1. The molecule has 0 saturated carbocycles. The Bertz CT molecular complexity index is 374. The fourth-order valence-electron chi connectivity index (χ4n) is 1.10. The van der Waals surface area contributed by atoms with Crippen molar-refractivity contribution in [1.82, 2.24) is 0 Å². The third kappa shape index (κ3) is 3.45. The molecule has 0 fully saturated rings. The summed E-state index contributed by atoms with van der Waals surface area (Å²) in [5.74, 6) is 0. The number of nitrogens with two attached hydrogens (primary N) is 1. The molecule has 1 aromatic carbocycles. The molecule has 78 valence electrons. The first kappa shape index (κ1) is 11.2. The van der Waals surface area contributed by atoms with Gasteiger partial charge in [-0.25, -0.2) is 0 Å². The molecule has 0 bridgehead atoms. The van der Waals surface area contributed by atoms with Crippen molar-refractivity contribution >= 4 is 10.1 Å². The van der Waals surface area contributed by atoms with Gasteiger partial charge in [0, 0.05) is 0 Å². The molecular formula is C9H13NO3S. The first-order valence-corrected chi connectivity index (χ1v) is 5.76. The summed E-state index contributed by atoms with van der Waals surface area (Å²) in [6, 6.07) is 9.39. The molecule has 1 rings (SSSR count). The van der Waals surface area contributed by atoms with Crippen LogP contribution in [-0.4, -0.2) is 18.3 Å². The first-order valence-electron chi connectivity index (χ1n) is 4.26. The third-order valence-corrected chi connectivity index (χ3v) is 2.94. The van der Waals surface area contributed by atoms with Crippen LogP contribution in [0.25, 0.3) is 0 Å². The Balaban J connectivity index is 2.50. The SMILES string of the molecule is NC(CCc1ccccc1)S(=O)(=O)O. The van der Waals surface area contributed by atoms with Gasteiger partial charge in [-0.3, -0.25) is 4.55 Å². The van der Waals surface area contributed by atoms with Crippen molar-refractivity contribution in [1.29, 1.82) is 0 Å². The first-order chi connectivity index (χ1) is 6.50. The molecule has 0 aliphatic rings. The molecule has 0 aromatic heterocycles. The molecule has 0 aliphatic carbocycles. The second kappa shape index (κ2) is 4.54. The normalized spacial score (nSPS) is 13.9. The van der Waals surface area contributed by atoms with E-state index in [-0.39, 0.29) is 6.42 Å². The summed E-state index contributed by atoms with van der Waals surface area (Å²) in [7, 11) is -4.10. The molecule has 4 nitrogen and oxygen atoms in total. The molecule has 0 amide bonds. The van der Waals surface area contributed by atoms with Crippen LogP contribution < -0.4 is 5.73 Å². The largest absolute Gasteiger partial charge is 0.313 e. The van der Waals surface area contributed by atoms with E-state index >= 15 is 0 Å². The molecule has 0 aliphatic heterocycles. The van der Waals surface area contributed by atoms with Gasteiger partial charge in [0.05, 0.1) is 0 Å². The monoisotopic (exact) mass is 215 g/mol. The fraction of sp³-hybridized carbons (Fsp3) is 0.333. The zero-order chi connectivity index (χ0) is 10.6. The number of rotatable bonds is 4. The lowest BCUT2D eigenvalue weighted by molar-refractivity contribution is 0.463. The molecule has 1 atom stereocenters. The van der Waals surface area contributed by atoms with Gasteiger partial charge in [0.25, 0.3) is 10.1 Å². The Kier molecular flexibility index (Phi) is 3.62. The molecule has 1 aromatic rings. The highest BCUT2D eigenvalue weighted by molar-refractivity contribution is 7.86. The quantitative estimate of drug-likeness (QED) is 0.728. The van der Waals surface area contributed by atoms with E-state index < -0.39 is 15.5 Å². The Labute approximate surface area is 83.5 Å². The fourth-order valence-corrected chi connectivity index (χ4v) is 1.52. The number of benzene rings is 1. The van der Waals surface area contributed by atoms with E-state index in [4.69, 9.17) is 10.3 Å². The summed E-state index contributed by atoms with van der Waals surface area (Å²) >= 11 is 0. The Morgan fingerprint density at radius 3 is 2.36 bits per heavy atom. The lowest BCUT2D eigenvalue weighted by Gasteiger charge is -2.07. The van der Waals surface area contributed by atoms with Crippen molar-refractivity contribution in [2.24, 2.45) is 5.73 Å². The van der Waals surface area contributed by atoms with E-state index in [9.17, 15) is 8.42 Å². The van der Waals surface area contributed by atoms with Gasteiger partial charge in [0.1, 0.15) is 5.37 Å². The van der Waals surface area contributed by atoms with Crippen LogP contribution in [0.5, 0.6) is 0 Å². The van der Waals surface area contributed by atoms with Crippen LogP contribution >= 0.6 is 0 Å². The van der Waals surface area contributed by atoms with E-state index in [1.54, 1.807) is 0 Å². The van der Waals surface area contributed by atoms with Gasteiger partial charge >= 0.3 is 0 Å². The van der Waals surface area contributed by atoms with E-state index in [2.05, 4.69) is 0 Å². The molecule has 5 heteroatoms. The van der Waals surface area contributed by atoms with Crippen LogP contribution in [0, 0.1) is 0 Å². The number of aryl methyl sites for hydroxylation is 1. The van der Waals surface area contributed by atoms with E-state index in [0.717, 1.165) is 5.56 Å². The van der Waals surface area contributed by atoms with Gasteiger partial charge in [-0.15, -0.1) is 0 Å². The highest BCUT2D eigenvalue weighted by atomic mass is 32.2. The van der Waals surface area contributed by atoms with Crippen LogP contribution in [0.2, 0.25) is 0 Å². The van der Waals surface area contributed by atoms with Crippen molar-refractivity contribution in [3.8, 4) is 0 Å². The third-order valence-electron chi connectivity index (χ3n) is 1.94. The second-order valence-corrected chi connectivity index (χ2v) is 4.71. The Morgan fingerprint density at radius 2 is 1.86 bits per heavy atom. The Hall–Kier alpha value is -0.910. The van der Waals surface area contributed by atoms with Crippen LogP contribution in [-0.2, 0) is 16.5 Å². The predicted molar refractivity (Wildman–Crippen MR) is 54.3 cm³/mol. The number of hydrogen-bond acceptors (Lipinski definition) is 3. The van der Waals surface area contributed by atoms with Crippen molar-refractivity contribution < 1.29 is 13.0 Å². The van der Waals surface area contributed by atoms with Gasteiger partial charge in [-0.05, 0) is 18.4 Å². The van der Waals surface area contributed by atoms with Gasteiger partial charge in [-0.2, -0.15) is 8.42 Å². The van der Waals surface area contributed by atoms with Crippen LogP contribution in [0.1, 0.15) is 12.0 Å². The molecule has 0 spiro atoms. The summed E-state index contributed by atoms with van der Waals surface area (Å²) in [5, 5.41) is -1.19. The van der Waals surface area contributed by atoms with E-state index in [0.29, 0.717) is 6.42 Å². The highest BCUT2D eigenvalue weighted by Gasteiger charge is 2.16. The van der Waals surface area contributed by atoms with Gasteiger partial charge in [0.15, 0.2) is 0 Å². The van der Waals surface area contributed by atoms with Crippen molar-refractivity contribution in [2.75, 3.05) is 0 Å². The number of hydrogen-bond donors (Lipinski definition) is 2. The van der Waals surface area contributed by atoms with Crippen molar-refractivity contribution in [2.45, 2.75) is 18.2 Å². The minimum Gasteiger partial charge on any atom is -0.313 e. The minimum atomic E-state index is -4.10. The van der Waals surface area contributed by atoms with E-state index in [1.165, 1.54) is 0 Å². The minimum absolute atomic E-state index is 0.225. The van der Waals surface area contributed by atoms with Crippen LogP contribution in [0.3, 0.4) is 0 Å². The molecule has 0 saturated heterocycles. The summed E-state index contributed by atoms with van der Waals surface area (Å²) < 4.78 is 29.8. The average Bonchev–Trinajstić information content (AvgIpc) is 2.14. The molecule has 14 heavy (non-hydrogen) atoms. The second-order valence-electron chi connectivity index (χ2n) is 3.08. The standard InChI is InChI=1S/C9H13NO3S/c10-9(14(11,12)13)7-6-8-4-2-1-3-5-8/h1-5,9H,6-7,10H2,(H,11,12,13). The zero-order valence-electron chi connectivity index (χ0n) is 7.63. The molecule has 0 radical (unpaired) electrons. The molecule has 0 heterocycles. The summed E-state index contributed by atoms with van der Waals surface area (Å²) in [4.78, 5) is 0. The maximum atomic E-state index is 10.6. The summed E-state index contributed by atoms with van der Waals surface area (Å²) in [6.45, 7) is 0. The molecule has 1 unspecified atom stereocenters. The topological polar surface area (TPSA) is 80.4 Å². The average molecular weight is 215 g/mol. The van der Waals surface area contributed by atoms with E-state index in [1.807, 2.05) is 30.3 Å². The summed E-state index contributed by atoms with van der Waals surface area (Å²) in [5.41, 5.74) is 6.27. The van der Waals surface area contributed by atoms with Crippen LogP contribution in [0.15, 0.2) is 30.3 Å². The summed E-state index contributed by atoms with van der Waals surface area (Å²) in [6.07, 6.45) is 0.768. The molecule has 3 N–H and O–H groups in total. The Morgan fingerprint density at radius 1 is 1.29 bits per heavy atom. The van der Waals surface area contributed by atoms with Gasteiger partial charge < -0.3 is 5.73 Å². The zero-order valence-corrected chi connectivity index (χ0v) is 8.44. The maximum absolute atomic E-state index is 10.6. The van der Waals surface area contributed by atoms with Gasteiger partial charge in [0.2, 0.25) is 0 Å². The molecular weight excluding hydrogens is 202 g/mol. The highest BCUT2D eigenvalue weighted by Crippen LogP contribution is 2.06. The predicted octanol–water partition coefficient (Wildman–Crippen LogP) is 0.792. The lowest BCUT2D eigenvalue weighted by Crippen LogP contribution is -2.30.